The maximum atomic E-state index is 12.3. The summed E-state index contributed by atoms with van der Waals surface area (Å²) in [5.74, 6) is 0.841. The predicted octanol–water partition coefficient (Wildman–Crippen LogP) is 4.42. The van der Waals surface area contributed by atoms with Crippen LogP contribution in [0, 0.1) is 6.92 Å². The SMILES string of the molecule is CCN(Cc1ccc(C(=O)NCCCOc2cccc(C)c2)cc1)C(C)C. The van der Waals surface area contributed by atoms with Gasteiger partial charge in [0.15, 0.2) is 0 Å². The zero-order valence-corrected chi connectivity index (χ0v) is 17.0. The van der Waals surface area contributed by atoms with Crippen LogP contribution in [0.15, 0.2) is 48.5 Å². The van der Waals surface area contributed by atoms with E-state index in [1.807, 2.05) is 55.5 Å². The van der Waals surface area contributed by atoms with E-state index < -0.39 is 0 Å². The third-order valence-corrected chi connectivity index (χ3v) is 4.60. The summed E-state index contributed by atoms with van der Waals surface area (Å²) >= 11 is 0. The van der Waals surface area contributed by atoms with E-state index in [-0.39, 0.29) is 5.91 Å². The summed E-state index contributed by atoms with van der Waals surface area (Å²) < 4.78 is 5.70. The minimum atomic E-state index is -0.0340. The van der Waals surface area contributed by atoms with Crippen molar-refractivity contribution in [2.75, 3.05) is 19.7 Å². The number of amides is 1. The summed E-state index contributed by atoms with van der Waals surface area (Å²) in [5.41, 5.74) is 3.11. The second-order valence-electron chi connectivity index (χ2n) is 7.13. The highest BCUT2D eigenvalue weighted by Crippen LogP contribution is 2.12. The minimum Gasteiger partial charge on any atom is -0.494 e. The van der Waals surface area contributed by atoms with Gasteiger partial charge in [0.2, 0.25) is 0 Å². The highest BCUT2D eigenvalue weighted by Gasteiger charge is 2.09. The molecule has 0 radical (unpaired) electrons. The van der Waals surface area contributed by atoms with Crippen LogP contribution < -0.4 is 10.1 Å². The van der Waals surface area contributed by atoms with Crippen LogP contribution in [0.2, 0.25) is 0 Å². The molecule has 2 aromatic rings. The third kappa shape index (κ3) is 7.06. The Bertz CT molecular complexity index is 711. The van der Waals surface area contributed by atoms with Gasteiger partial charge in [0.25, 0.3) is 5.91 Å². The lowest BCUT2D eigenvalue weighted by Crippen LogP contribution is -2.30. The van der Waals surface area contributed by atoms with Crippen LogP contribution in [0.25, 0.3) is 0 Å². The van der Waals surface area contributed by atoms with Crippen molar-refractivity contribution in [2.45, 2.75) is 46.7 Å². The van der Waals surface area contributed by atoms with Gasteiger partial charge in [-0.3, -0.25) is 9.69 Å². The second-order valence-corrected chi connectivity index (χ2v) is 7.13. The van der Waals surface area contributed by atoms with Gasteiger partial charge in [-0.25, -0.2) is 0 Å². The Labute approximate surface area is 163 Å². The second kappa shape index (κ2) is 10.7. The van der Waals surface area contributed by atoms with E-state index in [2.05, 4.69) is 31.0 Å². The number of carbonyl (C=O) groups is 1. The van der Waals surface area contributed by atoms with Crippen LogP contribution >= 0.6 is 0 Å². The van der Waals surface area contributed by atoms with Gasteiger partial charge in [-0.1, -0.05) is 31.2 Å². The number of benzene rings is 2. The van der Waals surface area contributed by atoms with Gasteiger partial charge >= 0.3 is 0 Å². The molecule has 1 N–H and O–H groups in total. The highest BCUT2D eigenvalue weighted by molar-refractivity contribution is 5.94. The van der Waals surface area contributed by atoms with Crippen molar-refractivity contribution in [3.05, 3.63) is 65.2 Å². The first kappa shape index (κ1) is 21.0. The predicted molar refractivity (Wildman–Crippen MR) is 111 cm³/mol. The van der Waals surface area contributed by atoms with Crippen molar-refractivity contribution in [1.82, 2.24) is 10.2 Å². The molecule has 0 saturated heterocycles. The maximum Gasteiger partial charge on any atom is 0.251 e. The molecule has 4 nitrogen and oxygen atoms in total. The fourth-order valence-electron chi connectivity index (χ4n) is 2.93. The monoisotopic (exact) mass is 368 g/mol. The summed E-state index contributed by atoms with van der Waals surface area (Å²) in [7, 11) is 0. The average molecular weight is 369 g/mol. The zero-order chi connectivity index (χ0) is 19.6. The standard InChI is InChI=1S/C23H32N2O2/c1-5-25(18(2)3)17-20-10-12-21(13-11-20)23(26)24-14-7-15-27-22-9-6-8-19(4)16-22/h6,8-13,16,18H,5,7,14-15,17H2,1-4H3,(H,24,26). The van der Waals surface area contributed by atoms with Gasteiger partial charge in [-0.05, 0) is 69.1 Å². The Morgan fingerprint density at radius 1 is 1.15 bits per heavy atom. The molecule has 0 aliphatic rings. The van der Waals surface area contributed by atoms with Crippen molar-refractivity contribution >= 4 is 5.91 Å². The molecule has 2 aromatic carbocycles. The number of nitrogens with one attached hydrogen (secondary N) is 1. The fraction of sp³-hybridized carbons (Fsp3) is 0.435. The first-order valence-corrected chi connectivity index (χ1v) is 9.80. The molecule has 0 aromatic heterocycles. The topological polar surface area (TPSA) is 41.6 Å². The molecular weight excluding hydrogens is 336 g/mol. The Hall–Kier alpha value is -2.33. The first-order chi connectivity index (χ1) is 13.0. The largest absolute Gasteiger partial charge is 0.494 e. The summed E-state index contributed by atoms with van der Waals surface area (Å²) in [6.45, 7) is 11.7. The number of carbonyl (C=O) groups excluding carboxylic acids is 1. The van der Waals surface area contributed by atoms with Crippen molar-refractivity contribution in [3.8, 4) is 5.75 Å². The molecule has 146 valence electrons. The number of rotatable bonds is 10. The van der Waals surface area contributed by atoms with Gasteiger partial charge in [0, 0.05) is 24.7 Å². The molecule has 1 amide bonds. The normalized spacial score (nSPS) is 11.0. The molecule has 0 bridgehead atoms. The van der Waals surface area contributed by atoms with E-state index in [1.54, 1.807) is 0 Å². The van der Waals surface area contributed by atoms with E-state index in [9.17, 15) is 4.79 Å². The molecule has 0 spiro atoms. The first-order valence-electron chi connectivity index (χ1n) is 9.80. The van der Waals surface area contributed by atoms with Gasteiger partial charge in [-0.15, -0.1) is 0 Å². The molecule has 0 heterocycles. The van der Waals surface area contributed by atoms with Crippen LogP contribution in [0.5, 0.6) is 5.75 Å². The van der Waals surface area contributed by atoms with Crippen molar-refractivity contribution < 1.29 is 9.53 Å². The number of hydrogen-bond acceptors (Lipinski definition) is 3. The quantitative estimate of drug-likeness (QED) is 0.631. The molecule has 0 aliphatic heterocycles. The number of ether oxygens (including phenoxy) is 1. The van der Waals surface area contributed by atoms with Crippen LogP contribution in [0.4, 0.5) is 0 Å². The Morgan fingerprint density at radius 3 is 2.52 bits per heavy atom. The molecule has 4 heteroatoms. The summed E-state index contributed by atoms with van der Waals surface area (Å²) in [6, 6.07) is 16.4. The lowest BCUT2D eigenvalue weighted by Gasteiger charge is -2.24. The van der Waals surface area contributed by atoms with Gasteiger partial charge < -0.3 is 10.1 Å². The number of hydrogen-bond donors (Lipinski definition) is 1. The fourth-order valence-corrected chi connectivity index (χ4v) is 2.93. The lowest BCUT2D eigenvalue weighted by atomic mass is 10.1. The van der Waals surface area contributed by atoms with Crippen molar-refractivity contribution in [3.63, 3.8) is 0 Å². The van der Waals surface area contributed by atoms with E-state index in [1.165, 1.54) is 11.1 Å². The van der Waals surface area contributed by atoms with Gasteiger partial charge in [-0.2, -0.15) is 0 Å². The number of aryl methyl sites for hydroxylation is 1. The van der Waals surface area contributed by atoms with E-state index in [0.717, 1.165) is 25.3 Å². The number of nitrogens with zero attached hydrogens (tertiary/aromatic N) is 1. The zero-order valence-electron chi connectivity index (χ0n) is 17.0. The van der Waals surface area contributed by atoms with Crippen molar-refractivity contribution in [1.29, 1.82) is 0 Å². The maximum absolute atomic E-state index is 12.3. The molecule has 0 unspecified atom stereocenters. The van der Waals surface area contributed by atoms with Crippen LogP contribution in [0.3, 0.4) is 0 Å². The average Bonchev–Trinajstić information content (AvgIpc) is 2.66. The van der Waals surface area contributed by atoms with Crippen LogP contribution in [0.1, 0.15) is 48.7 Å². The lowest BCUT2D eigenvalue weighted by molar-refractivity contribution is 0.0951. The van der Waals surface area contributed by atoms with Crippen molar-refractivity contribution in [2.24, 2.45) is 0 Å². The molecule has 0 saturated carbocycles. The molecule has 0 aliphatic carbocycles. The Kier molecular flexibility index (Phi) is 8.34. The Morgan fingerprint density at radius 2 is 1.89 bits per heavy atom. The Balaban J connectivity index is 1.72. The molecular formula is C23H32N2O2. The van der Waals surface area contributed by atoms with Gasteiger partial charge in [0.1, 0.15) is 5.75 Å². The summed E-state index contributed by atoms with van der Waals surface area (Å²) in [5, 5.41) is 2.96. The molecule has 2 rings (SSSR count). The summed E-state index contributed by atoms with van der Waals surface area (Å²) in [6.07, 6.45) is 0.775. The third-order valence-electron chi connectivity index (χ3n) is 4.60. The smallest absolute Gasteiger partial charge is 0.251 e. The van der Waals surface area contributed by atoms with E-state index >= 15 is 0 Å². The van der Waals surface area contributed by atoms with E-state index in [4.69, 9.17) is 4.74 Å². The van der Waals surface area contributed by atoms with Gasteiger partial charge in [0.05, 0.1) is 6.61 Å². The van der Waals surface area contributed by atoms with Crippen LogP contribution in [-0.4, -0.2) is 36.5 Å². The molecule has 0 fully saturated rings. The van der Waals surface area contributed by atoms with Crippen LogP contribution in [-0.2, 0) is 6.54 Å². The summed E-state index contributed by atoms with van der Waals surface area (Å²) in [4.78, 5) is 14.7. The molecule has 0 atom stereocenters. The highest BCUT2D eigenvalue weighted by atomic mass is 16.5. The minimum absolute atomic E-state index is 0.0340. The molecule has 27 heavy (non-hydrogen) atoms. The van der Waals surface area contributed by atoms with E-state index in [0.29, 0.717) is 24.8 Å².